The normalized spacial score (nSPS) is 22.7. The quantitative estimate of drug-likeness (QED) is 0.0737. The lowest BCUT2D eigenvalue weighted by molar-refractivity contribution is -0.275. The first-order valence-corrected chi connectivity index (χ1v) is 30.6. The molecule has 14 nitrogen and oxygen atoms in total. The number of aliphatic hydroxyl groups is 1. The van der Waals surface area contributed by atoms with Gasteiger partial charge < -0.3 is 33.0 Å². The molecule has 10 rings (SSSR count). The van der Waals surface area contributed by atoms with E-state index in [1.807, 2.05) is 105 Å². The first-order valence-electron chi connectivity index (χ1n) is 27.7. The van der Waals surface area contributed by atoms with Crippen molar-refractivity contribution in [2.75, 3.05) is 31.1 Å². The number of ether oxygens (including phenoxy) is 4. The summed E-state index contributed by atoms with van der Waals surface area (Å²) in [4.78, 5) is 53.1. The van der Waals surface area contributed by atoms with E-state index in [0.717, 1.165) is 11.1 Å². The van der Waals surface area contributed by atoms with Gasteiger partial charge in [0.15, 0.2) is 31.2 Å². The molecule has 4 aromatic carbocycles. The number of ketones is 2. The van der Waals surface area contributed by atoms with Gasteiger partial charge in [0.1, 0.15) is 35.9 Å². The van der Waals surface area contributed by atoms with E-state index < -0.39 is 89.9 Å². The summed E-state index contributed by atoms with van der Waals surface area (Å²) >= 11 is 0. The van der Waals surface area contributed by atoms with E-state index in [4.69, 9.17) is 27.9 Å². The molecular weight excluding hydrogens is 1060 g/mol. The standard InChI is InChI=1S/C63H71F3N4O10Si/c1-11-29-68(30-12-2)50-44-33-42-32-43-46(52(71)45(42)56(72)62(44,80-81(9,10)61(6,7)8)57(73)48-55(50)79-67-58(48)76-37-40-26-20-15-21-27-40)54(75-36-39-24-18-14-19-25-39)51-47(53(43)77-63(64,65)66)49-41(35-70(51)59(74)78-60(3,4)5)28-31-69(49)34-38-22-16-13-17-23-38/h11-27,41-42,44,49-50,72H,1-2,28-37H2,3-10H3/t41?,42-,44-,49?,50-,62-/m0/s1. The number of halogens is 3. The number of rotatable bonds is 16. The molecule has 1 fully saturated rings. The van der Waals surface area contributed by atoms with E-state index in [1.165, 1.54) is 4.90 Å². The molecule has 0 saturated carbocycles. The molecule has 2 aliphatic heterocycles. The van der Waals surface area contributed by atoms with Gasteiger partial charge in [0, 0.05) is 54.8 Å². The van der Waals surface area contributed by atoms with E-state index >= 15 is 22.8 Å². The van der Waals surface area contributed by atoms with Crippen LogP contribution in [0.4, 0.5) is 23.7 Å². The Labute approximate surface area is 472 Å². The Bertz CT molecular complexity index is 3250. The highest BCUT2D eigenvalue weighted by Gasteiger charge is 2.68. The van der Waals surface area contributed by atoms with Crippen LogP contribution in [0.3, 0.4) is 0 Å². The number of benzene rings is 4. The lowest BCUT2D eigenvalue weighted by Crippen LogP contribution is -2.65. The minimum absolute atomic E-state index is 0.00271. The van der Waals surface area contributed by atoms with E-state index in [2.05, 4.69) is 23.2 Å². The van der Waals surface area contributed by atoms with Crippen LogP contribution in [0.5, 0.6) is 17.4 Å². The zero-order chi connectivity index (χ0) is 58.0. The van der Waals surface area contributed by atoms with Crippen molar-refractivity contribution in [2.45, 2.75) is 128 Å². The molecule has 0 radical (unpaired) electrons. The maximum atomic E-state index is 16.5. The molecule has 1 amide bonds. The van der Waals surface area contributed by atoms with Crippen LogP contribution in [0.15, 0.2) is 132 Å². The summed E-state index contributed by atoms with van der Waals surface area (Å²) < 4.78 is 85.3. The second-order valence-electron chi connectivity index (χ2n) is 24.4. The van der Waals surface area contributed by atoms with Gasteiger partial charge in [-0.2, -0.15) is 0 Å². The smallest absolute Gasteiger partial charge is 0.508 e. The molecule has 6 atom stereocenters. The first-order chi connectivity index (χ1) is 38.4. The van der Waals surface area contributed by atoms with Crippen LogP contribution >= 0.6 is 0 Å². The maximum Gasteiger partial charge on any atom is 0.573 e. The van der Waals surface area contributed by atoms with Gasteiger partial charge in [0.05, 0.1) is 17.3 Å². The molecule has 0 bridgehead atoms. The molecule has 3 aliphatic carbocycles. The summed E-state index contributed by atoms with van der Waals surface area (Å²) in [6, 6.07) is 26.2. The Kier molecular flexibility index (Phi) is 15.4. The summed E-state index contributed by atoms with van der Waals surface area (Å²) in [5.74, 6) is -5.71. The number of anilines is 1. The Morgan fingerprint density at radius 3 is 2.02 bits per heavy atom. The van der Waals surface area contributed by atoms with Crippen molar-refractivity contribution in [1.82, 2.24) is 15.0 Å². The van der Waals surface area contributed by atoms with E-state index in [-0.39, 0.29) is 96.6 Å². The fourth-order valence-corrected chi connectivity index (χ4v) is 13.9. The Balaban J connectivity index is 1.26. The number of aromatic nitrogens is 1. The molecule has 5 aliphatic rings. The number of amides is 1. The van der Waals surface area contributed by atoms with Crippen LogP contribution in [0.25, 0.3) is 0 Å². The van der Waals surface area contributed by atoms with E-state index in [1.54, 1.807) is 57.2 Å². The third kappa shape index (κ3) is 10.6. The monoisotopic (exact) mass is 1130 g/mol. The van der Waals surface area contributed by atoms with Crippen molar-refractivity contribution < 1.29 is 60.6 Å². The number of likely N-dealkylation sites (tertiary alicyclic amines) is 1. The van der Waals surface area contributed by atoms with Crippen LogP contribution in [0, 0.1) is 17.8 Å². The molecule has 428 valence electrons. The second kappa shape index (κ2) is 21.7. The minimum Gasteiger partial charge on any atom is -0.508 e. The zero-order valence-electron chi connectivity index (χ0n) is 47.2. The van der Waals surface area contributed by atoms with E-state index in [9.17, 15) is 9.90 Å². The average molecular weight is 1130 g/mol. The number of hydrogen-bond acceptors (Lipinski definition) is 13. The molecule has 1 N–H and O–H groups in total. The van der Waals surface area contributed by atoms with Gasteiger partial charge in [-0.25, -0.2) is 4.79 Å². The Hall–Kier alpha value is -6.99. The van der Waals surface area contributed by atoms with Gasteiger partial charge in [-0.05, 0) is 98.4 Å². The van der Waals surface area contributed by atoms with Gasteiger partial charge in [0.25, 0.3) is 5.88 Å². The number of fused-ring (bicyclic) bond motifs is 7. The SMILES string of the molecule is C=CCN(CC=C)[C@@H]1c2onc(OCc3ccccc3)c2C(=O)[C@@]2(O[Si](C)(C)C(C)(C)C)C(O)=C3C(=O)c4c(c(OC(F)(F)F)c5c(c4OCc4ccccc4)N(C(=O)OC(C)(C)C)CC4CCN(Cc6ccccc6)C54)C[C@H]3C[C@@H]12. The van der Waals surface area contributed by atoms with Crippen molar-refractivity contribution in [2.24, 2.45) is 17.8 Å². The van der Waals surface area contributed by atoms with Gasteiger partial charge >= 0.3 is 12.5 Å². The highest BCUT2D eigenvalue weighted by Crippen LogP contribution is 2.64. The van der Waals surface area contributed by atoms with Crippen LogP contribution in [0.2, 0.25) is 18.1 Å². The van der Waals surface area contributed by atoms with Crippen molar-refractivity contribution in [1.29, 1.82) is 0 Å². The molecule has 5 aromatic rings. The van der Waals surface area contributed by atoms with Crippen molar-refractivity contribution in [3.63, 3.8) is 0 Å². The lowest BCUT2D eigenvalue weighted by atomic mass is 9.58. The van der Waals surface area contributed by atoms with Crippen LogP contribution in [-0.2, 0) is 35.3 Å². The predicted octanol–water partition coefficient (Wildman–Crippen LogP) is 13.6. The molecule has 3 heterocycles. The maximum absolute atomic E-state index is 16.5. The molecule has 1 aromatic heterocycles. The first kappa shape index (κ1) is 57.2. The molecule has 2 unspecified atom stereocenters. The summed E-state index contributed by atoms with van der Waals surface area (Å²) in [5.41, 5.74) is -1.89. The molecule has 0 spiro atoms. The summed E-state index contributed by atoms with van der Waals surface area (Å²) in [6.07, 6.45) is -2.68. The topological polar surface area (TPSA) is 153 Å². The predicted molar refractivity (Wildman–Crippen MR) is 302 cm³/mol. The van der Waals surface area contributed by atoms with Gasteiger partial charge in [-0.3, -0.25) is 24.3 Å². The second-order valence-corrected chi connectivity index (χ2v) is 29.1. The number of carbonyl (C=O) groups is 3. The lowest BCUT2D eigenvalue weighted by Gasteiger charge is -2.55. The number of carbonyl (C=O) groups excluding carboxylic acids is 3. The average Bonchev–Trinajstić information content (AvgIpc) is 3.21. The fourth-order valence-electron chi connectivity index (χ4n) is 12.5. The number of aliphatic hydroxyl groups excluding tert-OH is 1. The molecule has 81 heavy (non-hydrogen) atoms. The Morgan fingerprint density at radius 1 is 0.864 bits per heavy atom. The van der Waals surface area contributed by atoms with Gasteiger partial charge in [-0.15, -0.1) is 26.3 Å². The van der Waals surface area contributed by atoms with Crippen LogP contribution in [-0.4, -0.2) is 89.8 Å². The summed E-state index contributed by atoms with van der Waals surface area (Å²) in [7, 11) is -3.25. The highest BCUT2D eigenvalue weighted by atomic mass is 28.4. The number of Topliss-reactive ketones (excluding diaryl/α,β-unsaturated/α-hetero) is 2. The molecular formula is C63H71F3N4O10Si. The highest BCUT2D eigenvalue weighted by molar-refractivity contribution is 6.74. The zero-order valence-corrected chi connectivity index (χ0v) is 48.2. The number of allylic oxidation sites excluding steroid dienone is 1. The molecule has 18 heteroatoms. The van der Waals surface area contributed by atoms with E-state index in [0.29, 0.717) is 25.1 Å². The summed E-state index contributed by atoms with van der Waals surface area (Å²) in [5, 5.41) is 17.6. The Morgan fingerprint density at radius 2 is 1.46 bits per heavy atom. The van der Waals surface area contributed by atoms with Crippen molar-refractivity contribution in [3.05, 3.63) is 172 Å². The number of alkyl halides is 3. The van der Waals surface area contributed by atoms with Crippen molar-refractivity contribution >= 4 is 31.7 Å². The minimum atomic E-state index is -5.31. The van der Waals surface area contributed by atoms with Crippen LogP contribution in [0.1, 0.15) is 121 Å². The molecule has 1 saturated heterocycles. The third-order valence-corrected chi connectivity index (χ3v) is 21.3. The fraction of sp³-hybridized carbons (Fsp3) is 0.429. The number of hydrogen-bond donors (Lipinski definition) is 1. The number of nitrogens with zero attached hydrogens (tertiary/aromatic N) is 4. The van der Waals surface area contributed by atoms with Gasteiger partial charge in [0.2, 0.25) is 5.78 Å². The van der Waals surface area contributed by atoms with Gasteiger partial charge in [-0.1, -0.05) is 124 Å². The van der Waals surface area contributed by atoms with Crippen LogP contribution < -0.4 is 19.1 Å². The van der Waals surface area contributed by atoms with Crippen molar-refractivity contribution in [3.8, 4) is 17.4 Å². The summed E-state index contributed by atoms with van der Waals surface area (Å²) in [6.45, 7) is 24.1. The third-order valence-electron chi connectivity index (χ3n) is 16.9. The largest absolute Gasteiger partial charge is 0.573 e.